The maximum atomic E-state index is 13.6. The molecule has 25 heavy (non-hydrogen) atoms. The van der Waals surface area contributed by atoms with Gasteiger partial charge in [-0.15, -0.1) is 0 Å². The van der Waals surface area contributed by atoms with Crippen molar-refractivity contribution < 1.29 is 19.0 Å². The van der Waals surface area contributed by atoms with Crippen LogP contribution in [0.2, 0.25) is 0 Å². The highest BCUT2D eigenvalue weighted by Gasteiger charge is 2.28. The van der Waals surface area contributed by atoms with Crippen LogP contribution in [-0.2, 0) is 11.2 Å². The molecule has 6 nitrogen and oxygen atoms in total. The van der Waals surface area contributed by atoms with Crippen LogP contribution in [0.1, 0.15) is 35.0 Å². The summed E-state index contributed by atoms with van der Waals surface area (Å²) in [6, 6.07) is 2.95. The highest BCUT2D eigenvalue weighted by molar-refractivity contribution is 5.76. The van der Waals surface area contributed by atoms with E-state index in [9.17, 15) is 14.3 Å². The van der Waals surface area contributed by atoms with Crippen molar-refractivity contribution in [1.82, 2.24) is 15.1 Å². The number of hydrogen-bond acceptors (Lipinski definition) is 4. The summed E-state index contributed by atoms with van der Waals surface area (Å²) in [5.74, 6) is -1.16. The van der Waals surface area contributed by atoms with Gasteiger partial charge in [0.25, 0.3) is 0 Å². The van der Waals surface area contributed by atoms with Gasteiger partial charge in [-0.2, -0.15) is 5.10 Å². The fourth-order valence-corrected chi connectivity index (χ4v) is 3.05. The number of hydrogen-bond donors (Lipinski definition) is 2. The van der Waals surface area contributed by atoms with Crippen LogP contribution in [0.3, 0.4) is 0 Å². The molecule has 1 aromatic heterocycles. The molecular formula is C18H24FN3O3. The summed E-state index contributed by atoms with van der Waals surface area (Å²) in [5.41, 5.74) is 3.46. The Hall–Kier alpha value is -2.41. The summed E-state index contributed by atoms with van der Waals surface area (Å²) in [6.45, 7) is 4.46. The van der Waals surface area contributed by atoms with Crippen LogP contribution in [0, 0.1) is 19.7 Å². The summed E-state index contributed by atoms with van der Waals surface area (Å²) >= 11 is 0. The molecule has 2 N–H and O–H groups in total. The molecule has 0 bridgehead atoms. The third-order valence-electron chi connectivity index (χ3n) is 4.38. The Morgan fingerprint density at radius 1 is 1.44 bits per heavy atom. The van der Waals surface area contributed by atoms with Crippen LogP contribution in [0.4, 0.5) is 4.39 Å². The van der Waals surface area contributed by atoms with E-state index in [2.05, 4.69) is 10.2 Å². The van der Waals surface area contributed by atoms with Crippen LogP contribution in [0.5, 0.6) is 5.75 Å². The molecule has 1 atom stereocenters. The van der Waals surface area contributed by atoms with Crippen molar-refractivity contribution in [2.75, 3.05) is 20.7 Å². The summed E-state index contributed by atoms with van der Waals surface area (Å²) in [4.78, 5) is 13.5. The third-order valence-corrected chi connectivity index (χ3v) is 4.38. The number of aliphatic carboxylic acids is 1. The van der Waals surface area contributed by atoms with Gasteiger partial charge >= 0.3 is 5.97 Å². The number of benzene rings is 1. The maximum absolute atomic E-state index is 13.6. The van der Waals surface area contributed by atoms with Gasteiger partial charge in [-0.05, 0) is 64.0 Å². The number of methoxy groups -OCH3 is 1. The summed E-state index contributed by atoms with van der Waals surface area (Å²) in [6.07, 6.45) is 1.56. The molecule has 2 rings (SSSR count). The lowest BCUT2D eigenvalue weighted by Gasteiger charge is -2.26. The first-order valence-corrected chi connectivity index (χ1v) is 8.12. The van der Waals surface area contributed by atoms with Gasteiger partial charge in [-0.3, -0.25) is 14.8 Å². The number of likely N-dealkylation sites (N-methyl/N-ethyl adjacent to an activating group) is 1. The predicted octanol–water partition coefficient (Wildman–Crippen LogP) is 2.86. The average molecular weight is 349 g/mol. The highest BCUT2D eigenvalue weighted by atomic mass is 19.1. The van der Waals surface area contributed by atoms with Crippen molar-refractivity contribution in [3.05, 3.63) is 46.5 Å². The number of carboxylic acid groups (broad SMARTS) is 1. The van der Waals surface area contributed by atoms with Gasteiger partial charge < -0.3 is 9.84 Å². The predicted molar refractivity (Wildman–Crippen MR) is 92.3 cm³/mol. The second-order valence-electron chi connectivity index (χ2n) is 6.12. The Balaban J connectivity index is 2.12. The molecule has 0 aliphatic carbocycles. The highest BCUT2D eigenvalue weighted by Crippen LogP contribution is 2.30. The number of rotatable bonds is 8. The molecule has 0 saturated carbocycles. The number of carbonyl (C=O) groups is 1. The number of ether oxygens (including phenoxy) is 1. The van der Waals surface area contributed by atoms with E-state index in [1.165, 1.54) is 25.3 Å². The second-order valence-corrected chi connectivity index (χ2v) is 6.12. The molecule has 0 spiro atoms. The Labute approximate surface area is 146 Å². The molecule has 2 aromatic rings. The fraction of sp³-hybridized carbons (Fsp3) is 0.444. The van der Waals surface area contributed by atoms with Gasteiger partial charge in [0.05, 0.1) is 12.8 Å². The second kappa shape index (κ2) is 8.11. The molecule has 1 aromatic carbocycles. The topological polar surface area (TPSA) is 78.5 Å². The van der Waals surface area contributed by atoms with Gasteiger partial charge in [0.15, 0.2) is 0 Å². The molecule has 136 valence electrons. The van der Waals surface area contributed by atoms with Crippen molar-refractivity contribution in [2.24, 2.45) is 0 Å². The largest absolute Gasteiger partial charge is 0.496 e. The minimum absolute atomic E-state index is 0.313. The first kappa shape index (κ1) is 18.9. The summed E-state index contributed by atoms with van der Waals surface area (Å²) in [7, 11) is 3.16. The number of aryl methyl sites for hydroxylation is 2. The van der Waals surface area contributed by atoms with Gasteiger partial charge in [0, 0.05) is 11.3 Å². The quantitative estimate of drug-likeness (QED) is 0.766. The van der Waals surface area contributed by atoms with E-state index >= 15 is 0 Å². The smallest absolute Gasteiger partial charge is 0.325 e. The molecule has 7 heteroatoms. The number of H-pyrrole nitrogens is 1. The number of nitrogens with zero attached hydrogens (tertiary/aromatic N) is 2. The van der Waals surface area contributed by atoms with E-state index in [0.717, 1.165) is 29.8 Å². The lowest BCUT2D eigenvalue weighted by molar-refractivity contribution is -0.143. The van der Waals surface area contributed by atoms with Crippen LogP contribution >= 0.6 is 0 Å². The molecular weight excluding hydrogens is 325 g/mol. The van der Waals surface area contributed by atoms with Crippen molar-refractivity contribution in [3.63, 3.8) is 0 Å². The van der Waals surface area contributed by atoms with Crippen molar-refractivity contribution in [1.29, 1.82) is 0 Å². The molecule has 0 aliphatic rings. The van der Waals surface area contributed by atoms with Crippen LogP contribution < -0.4 is 4.74 Å². The van der Waals surface area contributed by atoms with E-state index in [0.29, 0.717) is 17.9 Å². The van der Waals surface area contributed by atoms with E-state index in [4.69, 9.17) is 4.74 Å². The first-order chi connectivity index (χ1) is 11.8. The molecule has 0 amide bonds. The monoisotopic (exact) mass is 349 g/mol. The van der Waals surface area contributed by atoms with Gasteiger partial charge in [0.2, 0.25) is 0 Å². The third kappa shape index (κ3) is 4.36. The summed E-state index contributed by atoms with van der Waals surface area (Å²) in [5, 5.41) is 16.8. The lowest BCUT2D eigenvalue weighted by Crippen LogP contribution is -2.32. The van der Waals surface area contributed by atoms with E-state index < -0.39 is 17.8 Å². The zero-order valence-corrected chi connectivity index (χ0v) is 15.0. The number of carboxylic acids is 1. The SMILES string of the molecule is COc1ccc(F)cc1C(C(=O)O)N(C)CCCc1c(C)n[nH]c1C. The molecule has 0 aliphatic heterocycles. The molecule has 1 heterocycles. The number of aromatic nitrogens is 2. The summed E-state index contributed by atoms with van der Waals surface area (Å²) < 4.78 is 18.8. The van der Waals surface area contributed by atoms with Crippen molar-refractivity contribution in [2.45, 2.75) is 32.7 Å². The maximum Gasteiger partial charge on any atom is 0.325 e. The van der Waals surface area contributed by atoms with E-state index in [1.807, 2.05) is 13.8 Å². The number of aromatic amines is 1. The van der Waals surface area contributed by atoms with Crippen LogP contribution in [-0.4, -0.2) is 46.9 Å². The first-order valence-electron chi connectivity index (χ1n) is 8.12. The molecule has 0 radical (unpaired) electrons. The van der Waals surface area contributed by atoms with Gasteiger partial charge in [0.1, 0.15) is 17.6 Å². The van der Waals surface area contributed by atoms with E-state index in [1.54, 1.807) is 11.9 Å². The fourth-order valence-electron chi connectivity index (χ4n) is 3.05. The van der Waals surface area contributed by atoms with E-state index in [-0.39, 0.29) is 0 Å². The molecule has 0 fully saturated rings. The standard InChI is InChI=1S/C18H24FN3O3/c1-11-14(12(2)21-20-11)6-5-9-22(3)17(18(23)24)15-10-13(19)7-8-16(15)25-4/h7-8,10,17H,5-6,9H2,1-4H3,(H,20,21)(H,23,24). The molecule has 0 saturated heterocycles. The van der Waals surface area contributed by atoms with Crippen molar-refractivity contribution in [3.8, 4) is 5.75 Å². The van der Waals surface area contributed by atoms with Gasteiger partial charge in [-0.25, -0.2) is 4.39 Å². The van der Waals surface area contributed by atoms with Crippen LogP contribution in [0.25, 0.3) is 0 Å². The number of nitrogens with one attached hydrogen (secondary N) is 1. The Morgan fingerprint density at radius 3 is 2.72 bits per heavy atom. The van der Waals surface area contributed by atoms with Gasteiger partial charge in [-0.1, -0.05) is 0 Å². The average Bonchev–Trinajstić information content (AvgIpc) is 2.87. The zero-order chi connectivity index (χ0) is 18.6. The zero-order valence-electron chi connectivity index (χ0n) is 15.0. The minimum Gasteiger partial charge on any atom is -0.496 e. The normalized spacial score (nSPS) is 12.4. The number of halogens is 1. The Morgan fingerprint density at radius 2 is 2.16 bits per heavy atom. The Kier molecular flexibility index (Phi) is 6.14. The minimum atomic E-state index is -1.04. The Bertz CT molecular complexity index is 726. The van der Waals surface area contributed by atoms with Crippen molar-refractivity contribution >= 4 is 5.97 Å². The lowest BCUT2D eigenvalue weighted by atomic mass is 10.0. The van der Waals surface area contributed by atoms with Crippen LogP contribution in [0.15, 0.2) is 18.2 Å². The molecule has 1 unspecified atom stereocenters.